The van der Waals surface area contributed by atoms with E-state index in [0.29, 0.717) is 6.54 Å². The zero-order valence-corrected chi connectivity index (χ0v) is 14.9. The number of aryl methyl sites for hydroxylation is 1. The lowest BCUT2D eigenvalue weighted by atomic mass is 10.1. The zero-order valence-electron chi connectivity index (χ0n) is 14.9. The molecule has 4 rings (SSSR count). The van der Waals surface area contributed by atoms with Crippen LogP contribution in [0.5, 0.6) is 0 Å². The first-order chi connectivity index (χ1) is 12.7. The minimum Gasteiger partial charge on any atom is -0.376 e. The van der Waals surface area contributed by atoms with E-state index in [-0.39, 0.29) is 18.6 Å². The van der Waals surface area contributed by atoms with Crippen molar-refractivity contribution in [3.8, 4) is 11.4 Å². The monoisotopic (exact) mass is 349 g/mol. The van der Waals surface area contributed by atoms with Crippen LogP contribution in [0.3, 0.4) is 0 Å². The van der Waals surface area contributed by atoms with E-state index in [1.165, 1.54) is 0 Å². The topological polar surface area (TPSA) is 56.2 Å². The van der Waals surface area contributed by atoms with Crippen molar-refractivity contribution in [1.29, 1.82) is 0 Å². The van der Waals surface area contributed by atoms with E-state index in [9.17, 15) is 4.79 Å². The minimum absolute atomic E-state index is 0.0153. The lowest BCUT2D eigenvalue weighted by molar-refractivity contribution is -0.122. The Morgan fingerprint density at radius 3 is 2.85 bits per heavy atom. The summed E-state index contributed by atoms with van der Waals surface area (Å²) < 4.78 is 7.59. The molecular weight excluding hydrogens is 326 g/mol. The van der Waals surface area contributed by atoms with E-state index in [0.717, 1.165) is 47.4 Å². The van der Waals surface area contributed by atoms with Gasteiger partial charge < -0.3 is 14.6 Å². The summed E-state index contributed by atoms with van der Waals surface area (Å²) in [7, 11) is 0. The van der Waals surface area contributed by atoms with Crippen molar-refractivity contribution in [2.45, 2.75) is 32.4 Å². The number of hydrogen-bond donors (Lipinski definition) is 1. The number of rotatable bonds is 5. The molecule has 0 radical (unpaired) electrons. The number of hydrogen-bond acceptors (Lipinski definition) is 3. The molecule has 1 unspecified atom stereocenters. The van der Waals surface area contributed by atoms with Crippen LogP contribution in [-0.4, -0.2) is 34.7 Å². The second-order valence-corrected chi connectivity index (χ2v) is 6.76. The number of aromatic nitrogens is 2. The predicted octanol–water partition coefficient (Wildman–Crippen LogP) is 3.31. The van der Waals surface area contributed by atoms with Crippen LogP contribution in [0, 0.1) is 6.92 Å². The molecule has 1 fully saturated rings. The molecule has 0 saturated carbocycles. The van der Waals surface area contributed by atoms with Crippen molar-refractivity contribution >= 4 is 16.9 Å². The first kappa shape index (κ1) is 16.8. The third kappa shape index (κ3) is 3.35. The van der Waals surface area contributed by atoms with Crippen molar-refractivity contribution in [2.75, 3.05) is 13.2 Å². The number of imidazole rings is 1. The van der Waals surface area contributed by atoms with Gasteiger partial charge in [-0.15, -0.1) is 0 Å². The number of para-hydroxylation sites is 2. The summed E-state index contributed by atoms with van der Waals surface area (Å²) in [6.45, 7) is 3.68. The number of carbonyl (C=O) groups is 1. The second kappa shape index (κ2) is 7.30. The van der Waals surface area contributed by atoms with Gasteiger partial charge in [0.15, 0.2) is 0 Å². The highest BCUT2D eigenvalue weighted by Crippen LogP contribution is 2.27. The number of carbonyl (C=O) groups excluding carboxylic acids is 1. The van der Waals surface area contributed by atoms with Crippen molar-refractivity contribution in [3.63, 3.8) is 0 Å². The first-order valence-corrected chi connectivity index (χ1v) is 9.12. The lowest BCUT2D eigenvalue weighted by Crippen LogP contribution is -2.34. The van der Waals surface area contributed by atoms with E-state index in [2.05, 4.69) is 24.4 Å². The Morgan fingerprint density at radius 1 is 1.23 bits per heavy atom. The first-order valence-electron chi connectivity index (χ1n) is 9.12. The summed E-state index contributed by atoms with van der Waals surface area (Å²) in [6, 6.07) is 16.1. The number of amides is 1. The fraction of sp³-hybridized carbons (Fsp3) is 0.333. The van der Waals surface area contributed by atoms with Gasteiger partial charge in [-0.1, -0.05) is 36.4 Å². The molecule has 1 amide bonds. The predicted molar refractivity (Wildman–Crippen MR) is 102 cm³/mol. The number of fused-ring (bicyclic) bond motifs is 1. The summed E-state index contributed by atoms with van der Waals surface area (Å²) in [4.78, 5) is 17.4. The SMILES string of the molecule is Cc1ccccc1-c1nc2ccccc2n1CC(=O)NCC1CCCO1. The van der Waals surface area contributed by atoms with Crippen LogP contribution in [0.15, 0.2) is 48.5 Å². The highest BCUT2D eigenvalue weighted by Gasteiger charge is 2.19. The van der Waals surface area contributed by atoms with Crippen molar-refractivity contribution < 1.29 is 9.53 Å². The molecular formula is C21H23N3O2. The standard InChI is InChI=1S/C21H23N3O2/c1-15-7-2-3-9-17(15)21-23-18-10-4-5-11-19(18)24(21)14-20(25)22-13-16-8-6-12-26-16/h2-5,7,9-11,16H,6,8,12-14H2,1H3,(H,22,25). The van der Waals surface area contributed by atoms with Crippen LogP contribution in [0.4, 0.5) is 0 Å². The Morgan fingerprint density at radius 2 is 2.04 bits per heavy atom. The summed E-state index contributed by atoms with van der Waals surface area (Å²) in [5, 5.41) is 3.01. The van der Waals surface area contributed by atoms with Gasteiger partial charge in [0.1, 0.15) is 12.4 Å². The normalized spacial score (nSPS) is 16.9. The summed E-state index contributed by atoms with van der Waals surface area (Å²) in [5.74, 6) is 0.815. The molecule has 0 aliphatic carbocycles. The summed E-state index contributed by atoms with van der Waals surface area (Å²) >= 11 is 0. The number of benzene rings is 2. The largest absolute Gasteiger partial charge is 0.376 e. The zero-order chi connectivity index (χ0) is 17.9. The highest BCUT2D eigenvalue weighted by molar-refractivity contribution is 5.85. The maximum atomic E-state index is 12.6. The van der Waals surface area contributed by atoms with Crippen molar-refractivity contribution in [3.05, 3.63) is 54.1 Å². The smallest absolute Gasteiger partial charge is 0.240 e. The maximum absolute atomic E-state index is 12.6. The van der Waals surface area contributed by atoms with Gasteiger partial charge in [-0.05, 0) is 37.5 Å². The number of nitrogens with zero attached hydrogens (tertiary/aromatic N) is 2. The molecule has 0 bridgehead atoms. The molecule has 1 N–H and O–H groups in total. The van der Waals surface area contributed by atoms with Crippen LogP contribution in [0.2, 0.25) is 0 Å². The molecule has 2 heterocycles. The maximum Gasteiger partial charge on any atom is 0.240 e. The Labute approximate surface area is 153 Å². The van der Waals surface area contributed by atoms with Gasteiger partial charge in [0.05, 0.1) is 17.1 Å². The molecule has 1 aliphatic heterocycles. The number of ether oxygens (including phenoxy) is 1. The Hall–Kier alpha value is -2.66. The lowest BCUT2D eigenvalue weighted by Gasteiger charge is -2.13. The third-order valence-electron chi connectivity index (χ3n) is 4.89. The van der Waals surface area contributed by atoms with E-state index >= 15 is 0 Å². The molecule has 1 saturated heterocycles. The summed E-state index contributed by atoms with van der Waals surface area (Å²) in [6.07, 6.45) is 2.24. The Balaban J connectivity index is 1.63. The van der Waals surface area contributed by atoms with Gasteiger partial charge in [0, 0.05) is 18.7 Å². The molecule has 5 nitrogen and oxygen atoms in total. The highest BCUT2D eigenvalue weighted by atomic mass is 16.5. The van der Waals surface area contributed by atoms with Gasteiger partial charge in [-0.2, -0.15) is 0 Å². The Kier molecular flexibility index (Phi) is 4.71. The van der Waals surface area contributed by atoms with E-state index in [1.807, 2.05) is 41.0 Å². The van der Waals surface area contributed by atoms with Crippen LogP contribution in [0.25, 0.3) is 22.4 Å². The van der Waals surface area contributed by atoms with E-state index in [1.54, 1.807) is 0 Å². The Bertz CT molecular complexity index is 926. The van der Waals surface area contributed by atoms with Crippen molar-refractivity contribution in [1.82, 2.24) is 14.9 Å². The average molecular weight is 349 g/mol. The van der Waals surface area contributed by atoms with Crippen LogP contribution >= 0.6 is 0 Å². The molecule has 2 aromatic carbocycles. The fourth-order valence-electron chi connectivity index (χ4n) is 3.50. The van der Waals surface area contributed by atoms with E-state index < -0.39 is 0 Å². The van der Waals surface area contributed by atoms with Gasteiger partial charge in [0.2, 0.25) is 5.91 Å². The second-order valence-electron chi connectivity index (χ2n) is 6.76. The van der Waals surface area contributed by atoms with Gasteiger partial charge in [-0.3, -0.25) is 4.79 Å². The molecule has 134 valence electrons. The molecule has 0 spiro atoms. The van der Waals surface area contributed by atoms with Gasteiger partial charge in [0.25, 0.3) is 0 Å². The van der Waals surface area contributed by atoms with Crippen molar-refractivity contribution in [2.24, 2.45) is 0 Å². The fourth-order valence-corrected chi connectivity index (χ4v) is 3.50. The molecule has 1 aliphatic rings. The molecule has 3 aromatic rings. The quantitative estimate of drug-likeness (QED) is 0.769. The molecule has 1 aromatic heterocycles. The number of nitrogens with one attached hydrogen (secondary N) is 1. The molecule has 1 atom stereocenters. The molecule has 5 heteroatoms. The minimum atomic E-state index is -0.0153. The third-order valence-corrected chi connectivity index (χ3v) is 4.89. The van der Waals surface area contributed by atoms with Crippen LogP contribution in [-0.2, 0) is 16.1 Å². The molecule has 26 heavy (non-hydrogen) atoms. The van der Waals surface area contributed by atoms with E-state index in [4.69, 9.17) is 9.72 Å². The summed E-state index contributed by atoms with van der Waals surface area (Å²) in [5.41, 5.74) is 4.06. The van der Waals surface area contributed by atoms with Crippen LogP contribution in [0.1, 0.15) is 18.4 Å². The van der Waals surface area contributed by atoms with Gasteiger partial charge in [-0.25, -0.2) is 4.98 Å². The van der Waals surface area contributed by atoms with Gasteiger partial charge >= 0.3 is 0 Å². The average Bonchev–Trinajstić information content (AvgIpc) is 3.29. The van der Waals surface area contributed by atoms with Crippen LogP contribution < -0.4 is 5.32 Å².